The maximum atomic E-state index is 11.4. The standard InChI is InChI=1S/C10H19NO2/c1-3-5-11-6-7-13-10(8-11)9(12)4-2/h10H,3-8H2,1-2H3. The highest BCUT2D eigenvalue weighted by atomic mass is 16.5. The van der Waals surface area contributed by atoms with Gasteiger partial charge in [-0.2, -0.15) is 0 Å². The molecule has 1 rings (SSSR count). The van der Waals surface area contributed by atoms with Gasteiger partial charge in [-0.25, -0.2) is 0 Å². The molecule has 0 amide bonds. The minimum absolute atomic E-state index is 0.162. The highest BCUT2D eigenvalue weighted by Gasteiger charge is 2.24. The Morgan fingerprint density at radius 3 is 2.92 bits per heavy atom. The zero-order valence-electron chi connectivity index (χ0n) is 8.58. The van der Waals surface area contributed by atoms with Gasteiger partial charge in [-0.15, -0.1) is 0 Å². The molecule has 76 valence electrons. The van der Waals surface area contributed by atoms with Gasteiger partial charge >= 0.3 is 0 Å². The zero-order chi connectivity index (χ0) is 9.68. The fourth-order valence-electron chi connectivity index (χ4n) is 1.64. The molecule has 1 heterocycles. The molecular formula is C10H19NO2. The van der Waals surface area contributed by atoms with E-state index in [1.54, 1.807) is 0 Å². The summed E-state index contributed by atoms with van der Waals surface area (Å²) in [5, 5.41) is 0. The van der Waals surface area contributed by atoms with E-state index >= 15 is 0 Å². The lowest BCUT2D eigenvalue weighted by Crippen LogP contribution is -2.46. The number of hydrogen-bond donors (Lipinski definition) is 0. The molecule has 1 fully saturated rings. The summed E-state index contributed by atoms with van der Waals surface area (Å²) in [6, 6.07) is 0. The third-order valence-electron chi connectivity index (χ3n) is 2.40. The topological polar surface area (TPSA) is 29.5 Å². The quantitative estimate of drug-likeness (QED) is 0.656. The summed E-state index contributed by atoms with van der Waals surface area (Å²) >= 11 is 0. The van der Waals surface area contributed by atoms with Crippen LogP contribution in [0, 0.1) is 0 Å². The van der Waals surface area contributed by atoms with Gasteiger partial charge in [0.15, 0.2) is 5.78 Å². The van der Waals surface area contributed by atoms with Crippen LogP contribution >= 0.6 is 0 Å². The summed E-state index contributed by atoms with van der Waals surface area (Å²) in [6.07, 6.45) is 1.57. The van der Waals surface area contributed by atoms with Crippen LogP contribution in [0.15, 0.2) is 0 Å². The molecule has 3 heteroatoms. The van der Waals surface area contributed by atoms with Crippen LogP contribution in [0.3, 0.4) is 0 Å². The second kappa shape index (κ2) is 5.35. The number of Topliss-reactive ketones (excluding diaryl/α,β-unsaturated/α-hetero) is 1. The van der Waals surface area contributed by atoms with Crippen molar-refractivity contribution in [2.75, 3.05) is 26.2 Å². The molecule has 0 N–H and O–H groups in total. The van der Waals surface area contributed by atoms with Crippen LogP contribution in [0.5, 0.6) is 0 Å². The lowest BCUT2D eigenvalue weighted by molar-refractivity contribution is -0.135. The zero-order valence-corrected chi connectivity index (χ0v) is 8.58. The second-order valence-electron chi connectivity index (χ2n) is 3.48. The van der Waals surface area contributed by atoms with Crippen LogP contribution in [0.4, 0.5) is 0 Å². The van der Waals surface area contributed by atoms with Crippen molar-refractivity contribution >= 4 is 5.78 Å². The predicted octanol–water partition coefficient (Wildman–Crippen LogP) is 1.08. The third kappa shape index (κ3) is 3.08. The average Bonchev–Trinajstić information content (AvgIpc) is 2.18. The van der Waals surface area contributed by atoms with E-state index in [1.165, 1.54) is 0 Å². The molecule has 0 aliphatic carbocycles. The number of morpholine rings is 1. The van der Waals surface area contributed by atoms with Gasteiger partial charge in [0.05, 0.1) is 6.61 Å². The molecule has 0 radical (unpaired) electrons. The highest BCUT2D eigenvalue weighted by Crippen LogP contribution is 2.07. The summed E-state index contributed by atoms with van der Waals surface area (Å²) in [5.74, 6) is 0.237. The smallest absolute Gasteiger partial charge is 0.162 e. The van der Waals surface area contributed by atoms with Gasteiger partial charge in [0.2, 0.25) is 0 Å². The Hall–Kier alpha value is -0.410. The van der Waals surface area contributed by atoms with Crippen LogP contribution < -0.4 is 0 Å². The van der Waals surface area contributed by atoms with E-state index in [4.69, 9.17) is 4.74 Å². The molecule has 0 aromatic heterocycles. The van der Waals surface area contributed by atoms with Gasteiger partial charge in [0, 0.05) is 19.5 Å². The number of carbonyl (C=O) groups excluding carboxylic acids is 1. The average molecular weight is 185 g/mol. The Morgan fingerprint density at radius 2 is 2.31 bits per heavy atom. The Labute approximate surface area is 80.1 Å². The summed E-state index contributed by atoms with van der Waals surface area (Å²) in [6.45, 7) is 7.60. The minimum atomic E-state index is -0.162. The molecule has 1 atom stereocenters. The molecule has 0 aromatic rings. The maximum Gasteiger partial charge on any atom is 0.162 e. The SMILES string of the molecule is CCCN1CCOC(C(=O)CC)C1. The lowest BCUT2D eigenvalue weighted by Gasteiger charge is -2.31. The number of ketones is 1. The van der Waals surface area contributed by atoms with E-state index in [0.717, 1.165) is 26.1 Å². The number of hydrogen-bond acceptors (Lipinski definition) is 3. The molecule has 0 aromatic carbocycles. The van der Waals surface area contributed by atoms with Gasteiger partial charge in [0.1, 0.15) is 6.10 Å². The van der Waals surface area contributed by atoms with E-state index in [9.17, 15) is 4.79 Å². The van der Waals surface area contributed by atoms with Crippen molar-refractivity contribution in [2.45, 2.75) is 32.8 Å². The first-order valence-electron chi connectivity index (χ1n) is 5.14. The normalized spacial score (nSPS) is 24.6. The van der Waals surface area contributed by atoms with Crippen molar-refractivity contribution in [3.63, 3.8) is 0 Å². The van der Waals surface area contributed by atoms with Gasteiger partial charge in [-0.1, -0.05) is 13.8 Å². The molecule has 0 bridgehead atoms. The van der Waals surface area contributed by atoms with Gasteiger partial charge < -0.3 is 4.74 Å². The van der Waals surface area contributed by atoms with E-state index < -0.39 is 0 Å². The lowest BCUT2D eigenvalue weighted by atomic mass is 10.1. The van der Waals surface area contributed by atoms with Crippen molar-refractivity contribution in [2.24, 2.45) is 0 Å². The minimum Gasteiger partial charge on any atom is -0.368 e. The van der Waals surface area contributed by atoms with E-state index in [2.05, 4.69) is 11.8 Å². The highest BCUT2D eigenvalue weighted by molar-refractivity contribution is 5.83. The second-order valence-corrected chi connectivity index (χ2v) is 3.48. The molecule has 3 nitrogen and oxygen atoms in total. The van der Waals surface area contributed by atoms with Crippen molar-refractivity contribution in [1.82, 2.24) is 4.90 Å². The van der Waals surface area contributed by atoms with Crippen molar-refractivity contribution < 1.29 is 9.53 Å². The Morgan fingerprint density at radius 1 is 1.54 bits per heavy atom. The Kier molecular flexibility index (Phi) is 4.39. The predicted molar refractivity (Wildman–Crippen MR) is 51.8 cm³/mol. The van der Waals surface area contributed by atoms with E-state index in [0.29, 0.717) is 13.0 Å². The van der Waals surface area contributed by atoms with Crippen molar-refractivity contribution in [3.8, 4) is 0 Å². The summed E-state index contributed by atoms with van der Waals surface area (Å²) in [7, 11) is 0. The van der Waals surface area contributed by atoms with E-state index in [1.807, 2.05) is 6.92 Å². The molecular weight excluding hydrogens is 166 g/mol. The fourth-order valence-corrected chi connectivity index (χ4v) is 1.64. The van der Waals surface area contributed by atoms with Crippen LogP contribution in [-0.4, -0.2) is 43.0 Å². The molecule has 1 aliphatic rings. The van der Waals surface area contributed by atoms with Crippen LogP contribution in [0.25, 0.3) is 0 Å². The largest absolute Gasteiger partial charge is 0.368 e. The monoisotopic (exact) mass is 185 g/mol. The van der Waals surface area contributed by atoms with Crippen molar-refractivity contribution in [3.05, 3.63) is 0 Å². The van der Waals surface area contributed by atoms with Crippen molar-refractivity contribution in [1.29, 1.82) is 0 Å². The summed E-state index contributed by atoms with van der Waals surface area (Å²) in [5.41, 5.74) is 0. The first kappa shape index (κ1) is 10.7. The third-order valence-corrected chi connectivity index (χ3v) is 2.40. The Bertz CT molecular complexity index is 168. The fraction of sp³-hybridized carbons (Fsp3) is 0.900. The number of rotatable bonds is 4. The van der Waals surface area contributed by atoms with Gasteiger partial charge in [-0.05, 0) is 13.0 Å². The number of carbonyl (C=O) groups is 1. The summed E-state index contributed by atoms with van der Waals surface area (Å²) < 4.78 is 5.42. The molecule has 0 spiro atoms. The molecule has 1 unspecified atom stereocenters. The molecule has 1 saturated heterocycles. The number of ether oxygens (including phenoxy) is 1. The molecule has 1 aliphatic heterocycles. The summed E-state index contributed by atoms with van der Waals surface area (Å²) in [4.78, 5) is 13.7. The van der Waals surface area contributed by atoms with Crippen LogP contribution in [-0.2, 0) is 9.53 Å². The first-order chi connectivity index (χ1) is 6.27. The number of nitrogens with zero attached hydrogens (tertiary/aromatic N) is 1. The van der Waals surface area contributed by atoms with Crippen LogP contribution in [0.2, 0.25) is 0 Å². The first-order valence-corrected chi connectivity index (χ1v) is 5.14. The maximum absolute atomic E-state index is 11.4. The molecule has 13 heavy (non-hydrogen) atoms. The molecule has 0 saturated carbocycles. The Balaban J connectivity index is 2.37. The van der Waals surface area contributed by atoms with Gasteiger partial charge in [0.25, 0.3) is 0 Å². The van der Waals surface area contributed by atoms with E-state index in [-0.39, 0.29) is 11.9 Å². The van der Waals surface area contributed by atoms with Crippen LogP contribution in [0.1, 0.15) is 26.7 Å². The van der Waals surface area contributed by atoms with Gasteiger partial charge in [-0.3, -0.25) is 9.69 Å².